The standard InChI is InChI=1S/C10H12Cl3O3PS/c1-3-15-17(14,18)16-6(2)7-4-9(12)10(13)5-8(7)11/h4-6H,3H2,1-2H3,(H,14,18). The van der Waals surface area contributed by atoms with Crippen molar-refractivity contribution in [3.05, 3.63) is 32.8 Å². The van der Waals surface area contributed by atoms with E-state index < -0.39 is 12.9 Å². The molecular formula is C10H12Cl3O3PS. The van der Waals surface area contributed by atoms with Crippen LogP contribution >= 0.6 is 53.8 Å². The molecule has 1 aromatic rings. The Kier molecular flexibility index (Phi) is 6.33. The molecule has 0 bridgehead atoms. The largest absolute Gasteiger partial charge is 0.386 e. The van der Waals surface area contributed by atoms with Crippen molar-refractivity contribution in [1.29, 1.82) is 0 Å². The lowest BCUT2D eigenvalue weighted by Crippen LogP contribution is -1.99. The maximum absolute atomic E-state index is 11.8. The van der Waals surface area contributed by atoms with Gasteiger partial charge in [0.15, 0.2) is 0 Å². The molecule has 0 N–H and O–H groups in total. The molecule has 0 aliphatic rings. The van der Waals surface area contributed by atoms with E-state index in [9.17, 15) is 4.57 Å². The van der Waals surface area contributed by atoms with E-state index in [0.717, 1.165) is 0 Å². The highest BCUT2D eigenvalue weighted by molar-refractivity contribution is 8.44. The second-order valence-corrected chi connectivity index (χ2v) is 7.52. The van der Waals surface area contributed by atoms with Gasteiger partial charge in [0.1, 0.15) is 0 Å². The number of benzene rings is 1. The van der Waals surface area contributed by atoms with Crippen LogP contribution in [0.15, 0.2) is 12.1 Å². The van der Waals surface area contributed by atoms with Crippen molar-refractivity contribution in [2.75, 3.05) is 6.61 Å². The number of thiol groups is 1. The minimum atomic E-state index is -3.40. The molecule has 2 atom stereocenters. The molecule has 0 aliphatic carbocycles. The second-order valence-electron chi connectivity index (χ2n) is 3.42. The topological polar surface area (TPSA) is 35.5 Å². The smallest absolute Gasteiger partial charge is 0.301 e. The Hall–Kier alpha value is 0.590. The van der Waals surface area contributed by atoms with Gasteiger partial charge in [0, 0.05) is 10.6 Å². The quantitative estimate of drug-likeness (QED) is 0.414. The Balaban J connectivity index is 2.94. The van der Waals surface area contributed by atoms with Gasteiger partial charge in [-0.05, 0) is 26.0 Å². The summed E-state index contributed by atoms with van der Waals surface area (Å²) < 4.78 is 21.9. The molecule has 18 heavy (non-hydrogen) atoms. The third-order valence-corrected chi connectivity index (χ3v) is 4.91. The average Bonchev–Trinajstić information content (AvgIpc) is 2.22. The molecule has 8 heteroatoms. The van der Waals surface area contributed by atoms with Gasteiger partial charge in [-0.25, -0.2) is 4.57 Å². The summed E-state index contributed by atoms with van der Waals surface area (Å²) in [5.41, 5.74) is 0.569. The Morgan fingerprint density at radius 1 is 1.28 bits per heavy atom. The number of hydrogen-bond donors (Lipinski definition) is 1. The van der Waals surface area contributed by atoms with Gasteiger partial charge in [-0.1, -0.05) is 47.1 Å². The first-order valence-corrected chi connectivity index (χ1v) is 8.90. The Labute approximate surface area is 126 Å². The van der Waals surface area contributed by atoms with Crippen LogP contribution < -0.4 is 0 Å². The summed E-state index contributed by atoms with van der Waals surface area (Å²) in [6.07, 6.45) is -0.581. The van der Waals surface area contributed by atoms with Gasteiger partial charge in [-0.2, -0.15) is 0 Å². The molecule has 1 rings (SSSR count). The minimum absolute atomic E-state index is 0.239. The Morgan fingerprint density at radius 2 is 1.83 bits per heavy atom. The molecule has 1 aromatic carbocycles. The molecule has 0 aromatic heterocycles. The normalized spacial score (nSPS) is 16.3. The number of halogens is 3. The van der Waals surface area contributed by atoms with Gasteiger partial charge in [0.05, 0.1) is 22.8 Å². The van der Waals surface area contributed by atoms with Crippen LogP contribution in [0.5, 0.6) is 0 Å². The molecule has 0 saturated heterocycles. The van der Waals surface area contributed by atoms with Crippen molar-refractivity contribution < 1.29 is 13.6 Å². The van der Waals surface area contributed by atoms with Crippen LogP contribution in [0, 0.1) is 0 Å². The van der Waals surface area contributed by atoms with Crippen molar-refractivity contribution in [3.63, 3.8) is 0 Å². The fraction of sp³-hybridized carbons (Fsp3) is 0.400. The van der Waals surface area contributed by atoms with Gasteiger partial charge in [-0.3, -0.25) is 4.52 Å². The van der Waals surface area contributed by atoms with E-state index >= 15 is 0 Å². The van der Waals surface area contributed by atoms with Gasteiger partial charge in [-0.15, -0.1) is 0 Å². The molecule has 0 amide bonds. The van der Waals surface area contributed by atoms with Crippen LogP contribution in [0.25, 0.3) is 0 Å². The molecule has 0 aliphatic heterocycles. The van der Waals surface area contributed by atoms with Crippen LogP contribution in [-0.2, 0) is 13.6 Å². The van der Waals surface area contributed by atoms with Gasteiger partial charge < -0.3 is 4.52 Å². The van der Waals surface area contributed by atoms with Crippen molar-refractivity contribution in [1.82, 2.24) is 0 Å². The van der Waals surface area contributed by atoms with Crippen LogP contribution in [0.2, 0.25) is 15.1 Å². The Bertz CT molecular complexity index is 484. The highest BCUT2D eigenvalue weighted by Gasteiger charge is 2.24. The van der Waals surface area contributed by atoms with Crippen molar-refractivity contribution in [2.24, 2.45) is 0 Å². The summed E-state index contributed by atoms with van der Waals surface area (Å²) in [7, 11) is 0. The fourth-order valence-electron chi connectivity index (χ4n) is 1.30. The zero-order valence-electron chi connectivity index (χ0n) is 9.69. The van der Waals surface area contributed by atoms with E-state index in [0.29, 0.717) is 20.6 Å². The summed E-state index contributed by atoms with van der Waals surface area (Å²) in [6.45, 7) is 0.209. The summed E-state index contributed by atoms with van der Waals surface area (Å²) >= 11 is 21.6. The molecule has 102 valence electrons. The highest BCUT2D eigenvalue weighted by Crippen LogP contribution is 2.56. The van der Waals surface area contributed by atoms with E-state index in [-0.39, 0.29) is 6.61 Å². The Morgan fingerprint density at radius 3 is 2.39 bits per heavy atom. The third-order valence-electron chi connectivity index (χ3n) is 2.06. The molecule has 0 saturated carbocycles. The first-order chi connectivity index (χ1) is 8.26. The molecule has 0 heterocycles. The lowest BCUT2D eigenvalue weighted by atomic mass is 10.1. The van der Waals surface area contributed by atoms with Crippen LogP contribution in [0.4, 0.5) is 0 Å². The van der Waals surface area contributed by atoms with E-state index in [4.69, 9.17) is 43.9 Å². The lowest BCUT2D eigenvalue weighted by Gasteiger charge is -2.19. The first-order valence-electron chi connectivity index (χ1n) is 5.07. The molecule has 2 unspecified atom stereocenters. The maximum Gasteiger partial charge on any atom is 0.386 e. The van der Waals surface area contributed by atoms with Crippen LogP contribution in [0.3, 0.4) is 0 Å². The number of rotatable bonds is 5. The van der Waals surface area contributed by atoms with Crippen molar-refractivity contribution in [2.45, 2.75) is 20.0 Å². The van der Waals surface area contributed by atoms with Crippen LogP contribution in [0.1, 0.15) is 25.5 Å². The highest BCUT2D eigenvalue weighted by atomic mass is 35.5. The van der Waals surface area contributed by atoms with Gasteiger partial charge >= 0.3 is 6.80 Å². The summed E-state index contributed by atoms with van der Waals surface area (Å²) in [6, 6.07) is 3.07. The first kappa shape index (κ1) is 16.6. The second kappa shape index (κ2) is 6.85. The predicted molar refractivity (Wildman–Crippen MR) is 79.2 cm³/mol. The predicted octanol–water partition coefficient (Wildman–Crippen LogP) is 5.80. The lowest BCUT2D eigenvalue weighted by molar-refractivity contribution is 0.177. The zero-order valence-corrected chi connectivity index (χ0v) is 13.7. The maximum atomic E-state index is 11.8. The molecule has 0 fully saturated rings. The summed E-state index contributed by atoms with van der Waals surface area (Å²) in [5.74, 6) is 0. The number of hydrogen-bond acceptors (Lipinski definition) is 3. The minimum Gasteiger partial charge on any atom is -0.301 e. The molecular weight excluding hydrogens is 338 g/mol. The van der Waals surface area contributed by atoms with Crippen molar-refractivity contribution in [3.8, 4) is 0 Å². The zero-order chi connectivity index (χ0) is 13.9. The fourth-order valence-corrected chi connectivity index (χ4v) is 3.68. The summed E-state index contributed by atoms with van der Waals surface area (Å²) in [5, 5.41) is 1.06. The molecule has 3 nitrogen and oxygen atoms in total. The molecule has 0 radical (unpaired) electrons. The van der Waals surface area contributed by atoms with Crippen LogP contribution in [-0.4, -0.2) is 6.61 Å². The van der Waals surface area contributed by atoms with E-state index in [1.54, 1.807) is 19.9 Å². The van der Waals surface area contributed by atoms with E-state index in [1.165, 1.54) is 6.07 Å². The van der Waals surface area contributed by atoms with E-state index in [1.807, 2.05) is 0 Å². The van der Waals surface area contributed by atoms with Gasteiger partial charge in [0.2, 0.25) is 0 Å². The third kappa shape index (κ3) is 4.61. The monoisotopic (exact) mass is 348 g/mol. The SMILES string of the molecule is CCOP(=O)(S)OC(C)c1cc(Cl)c(Cl)cc1Cl. The summed E-state index contributed by atoms with van der Waals surface area (Å²) in [4.78, 5) is 0. The van der Waals surface area contributed by atoms with Gasteiger partial charge in [0.25, 0.3) is 0 Å². The van der Waals surface area contributed by atoms with E-state index in [2.05, 4.69) is 12.2 Å². The average molecular weight is 350 g/mol. The molecule has 0 spiro atoms. The van der Waals surface area contributed by atoms with Crippen molar-refractivity contribution >= 4 is 53.8 Å².